The van der Waals surface area contributed by atoms with E-state index in [-0.39, 0.29) is 48.5 Å². The number of hydrogen-bond acceptors (Lipinski definition) is 10. The molecule has 11 unspecified atom stereocenters. The molecular formula is C35H47NO9. The number of cyclic esters (lactones) is 1. The summed E-state index contributed by atoms with van der Waals surface area (Å²) in [6, 6.07) is 0. The molecule has 0 radical (unpaired) electrons. The molecule has 0 saturated carbocycles. The Morgan fingerprint density at radius 2 is 1.91 bits per heavy atom. The van der Waals surface area contributed by atoms with E-state index in [1.165, 1.54) is 0 Å². The quantitative estimate of drug-likeness (QED) is 0.190. The Kier molecular flexibility index (Phi) is 10.2. The van der Waals surface area contributed by atoms with Crippen molar-refractivity contribution in [2.24, 2.45) is 17.8 Å². The number of oxazole rings is 1. The molecule has 45 heavy (non-hydrogen) atoms. The number of nitrogens with zero attached hydrogens (tertiary/aromatic N) is 1. The summed E-state index contributed by atoms with van der Waals surface area (Å²) >= 11 is 0. The summed E-state index contributed by atoms with van der Waals surface area (Å²) in [5.41, 5.74) is 1.86. The normalized spacial score (nSPS) is 37.3. The number of aryl methyl sites for hydroxylation is 1. The van der Waals surface area contributed by atoms with Crippen molar-refractivity contribution < 1.29 is 42.8 Å². The molecule has 10 nitrogen and oxygen atoms in total. The number of aliphatic hydroxyl groups is 1. The second kappa shape index (κ2) is 13.7. The number of rotatable bonds is 7. The molecule has 11 atom stereocenters. The van der Waals surface area contributed by atoms with E-state index in [1.807, 2.05) is 71.1 Å². The Morgan fingerprint density at radius 3 is 2.62 bits per heavy atom. The minimum absolute atomic E-state index is 0.0130. The molecule has 4 aliphatic heterocycles. The largest absolute Gasteiger partial charge is 0.462 e. The third-order valence-corrected chi connectivity index (χ3v) is 9.63. The van der Waals surface area contributed by atoms with Crippen molar-refractivity contribution in [2.75, 3.05) is 7.11 Å². The average Bonchev–Trinajstić information content (AvgIpc) is 3.86. The lowest BCUT2D eigenvalue weighted by Gasteiger charge is -2.33. The van der Waals surface area contributed by atoms with Crippen LogP contribution in [0.25, 0.3) is 6.08 Å². The van der Waals surface area contributed by atoms with Gasteiger partial charge < -0.3 is 33.2 Å². The maximum atomic E-state index is 13.4. The number of esters is 2. The molecule has 1 N–H and O–H groups in total. The number of hydrogen-bond donors (Lipinski definition) is 1. The predicted octanol–water partition coefficient (Wildman–Crippen LogP) is 5.05. The highest BCUT2D eigenvalue weighted by Crippen LogP contribution is 2.44. The zero-order valence-electron chi connectivity index (χ0n) is 27.3. The third kappa shape index (κ3) is 8.03. The van der Waals surface area contributed by atoms with Crippen LogP contribution in [0.2, 0.25) is 0 Å². The Morgan fingerprint density at radius 1 is 1.16 bits per heavy atom. The highest BCUT2D eigenvalue weighted by Gasteiger charge is 2.57. The maximum Gasteiger partial charge on any atom is 0.338 e. The van der Waals surface area contributed by atoms with E-state index in [4.69, 9.17) is 28.1 Å². The van der Waals surface area contributed by atoms with Gasteiger partial charge in [-0.1, -0.05) is 44.2 Å². The minimum atomic E-state index is -0.905. The molecule has 4 aliphatic rings. The number of aliphatic hydroxyl groups excluding tert-OH is 1. The highest BCUT2D eigenvalue weighted by atomic mass is 16.6. The number of ether oxygens (including phenoxy) is 5. The average molecular weight is 626 g/mol. The molecule has 3 fully saturated rings. The van der Waals surface area contributed by atoms with E-state index >= 15 is 0 Å². The number of allylic oxidation sites excluding steroid dienone is 4. The van der Waals surface area contributed by atoms with Crippen LogP contribution in [0.1, 0.15) is 71.9 Å². The Labute approximate surface area is 265 Å². The molecule has 0 aliphatic carbocycles. The van der Waals surface area contributed by atoms with Crippen LogP contribution in [-0.4, -0.2) is 77.5 Å². The van der Waals surface area contributed by atoms with Crippen LogP contribution in [0.15, 0.2) is 52.2 Å². The van der Waals surface area contributed by atoms with Gasteiger partial charge in [-0.15, -0.1) is 0 Å². The van der Waals surface area contributed by atoms with Crippen LogP contribution >= 0.6 is 0 Å². The number of fused-ring (bicyclic) bond motifs is 4. The first-order chi connectivity index (χ1) is 21.4. The molecule has 1 aromatic rings. The second-order valence-electron chi connectivity index (χ2n) is 13.3. The molecule has 5 rings (SSSR count). The van der Waals surface area contributed by atoms with Crippen molar-refractivity contribution in [3.05, 3.63) is 59.4 Å². The van der Waals surface area contributed by atoms with Crippen LogP contribution in [0.4, 0.5) is 0 Å². The first kappa shape index (κ1) is 33.3. The zero-order valence-corrected chi connectivity index (χ0v) is 27.3. The van der Waals surface area contributed by atoms with Crippen molar-refractivity contribution in [3.8, 4) is 0 Å². The summed E-state index contributed by atoms with van der Waals surface area (Å²) in [6.45, 7) is 11.6. The summed E-state index contributed by atoms with van der Waals surface area (Å²) in [5.74, 6) is -0.316. The van der Waals surface area contributed by atoms with Gasteiger partial charge in [0.25, 0.3) is 0 Å². The molecule has 10 heteroatoms. The third-order valence-electron chi connectivity index (χ3n) is 9.63. The smallest absolute Gasteiger partial charge is 0.338 e. The van der Waals surface area contributed by atoms with E-state index in [0.29, 0.717) is 25.2 Å². The number of aromatic nitrogens is 1. The summed E-state index contributed by atoms with van der Waals surface area (Å²) < 4.78 is 34.7. The highest BCUT2D eigenvalue weighted by molar-refractivity contribution is 5.78. The topological polar surface area (TPSA) is 133 Å². The van der Waals surface area contributed by atoms with Gasteiger partial charge in [-0.05, 0) is 56.8 Å². The lowest BCUT2D eigenvalue weighted by Crippen LogP contribution is -2.42. The Bertz CT molecular complexity index is 1360. The van der Waals surface area contributed by atoms with Gasteiger partial charge in [0.2, 0.25) is 0 Å². The standard InChI is InChI=1S/C35H47NO9/c1-19(13-25-18-41-23(5)36-25)9-8-10-21(3)32(40-7)22(4)27-17-29(37)35(6)30(45-35)12-11-20(2)26-14-24(16-31(38)42-26)15-28-33(43-28)34(39)44-27/h8-13,18,20,22,24,26-30,32-33,37H,14-17H2,1-7H3/b9-8+,12-11?,19-13+,21-10+. The van der Waals surface area contributed by atoms with Gasteiger partial charge in [0, 0.05) is 38.7 Å². The number of methoxy groups -OCH3 is 1. The van der Waals surface area contributed by atoms with E-state index < -0.39 is 36.0 Å². The molecule has 0 amide bonds. The fourth-order valence-corrected chi connectivity index (χ4v) is 6.64. The van der Waals surface area contributed by atoms with Crippen molar-refractivity contribution in [2.45, 2.75) is 116 Å². The first-order valence-corrected chi connectivity index (χ1v) is 16.0. The van der Waals surface area contributed by atoms with E-state index in [1.54, 1.807) is 20.3 Å². The fourth-order valence-electron chi connectivity index (χ4n) is 6.64. The summed E-state index contributed by atoms with van der Waals surface area (Å²) in [7, 11) is 1.63. The van der Waals surface area contributed by atoms with E-state index in [2.05, 4.69) is 4.98 Å². The first-order valence-electron chi connectivity index (χ1n) is 16.0. The number of epoxide rings is 2. The second-order valence-corrected chi connectivity index (χ2v) is 13.3. The lowest BCUT2D eigenvalue weighted by atomic mass is 9.84. The molecule has 246 valence electrons. The summed E-state index contributed by atoms with van der Waals surface area (Å²) in [5, 5.41) is 11.4. The number of carbonyl (C=O) groups is 2. The van der Waals surface area contributed by atoms with Crippen LogP contribution in [0.3, 0.4) is 0 Å². The predicted molar refractivity (Wildman–Crippen MR) is 166 cm³/mol. The van der Waals surface area contributed by atoms with Crippen molar-refractivity contribution >= 4 is 18.0 Å². The molecule has 0 spiro atoms. The van der Waals surface area contributed by atoms with Crippen LogP contribution in [-0.2, 0) is 33.3 Å². The zero-order chi connectivity index (χ0) is 32.5. The van der Waals surface area contributed by atoms with E-state index in [9.17, 15) is 14.7 Å². The monoisotopic (exact) mass is 625 g/mol. The fraction of sp³-hybridized carbons (Fsp3) is 0.629. The van der Waals surface area contributed by atoms with Gasteiger partial charge in [-0.3, -0.25) is 4.79 Å². The Balaban J connectivity index is 1.33. The van der Waals surface area contributed by atoms with Gasteiger partial charge >= 0.3 is 11.9 Å². The molecular weight excluding hydrogens is 578 g/mol. The Hall–Kier alpha value is -3.05. The summed E-state index contributed by atoms with van der Waals surface area (Å²) in [4.78, 5) is 30.1. The molecule has 3 saturated heterocycles. The van der Waals surface area contributed by atoms with Gasteiger partial charge in [-0.2, -0.15) is 0 Å². The number of carbonyl (C=O) groups excluding carboxylic acids is 2. The maximum absolute atomic E-state index is 13.4. The van der Waals surface area contributed by atoms with Crippen LogP contribution in [0, 0.1) is 24.7 Å². The molecule has 2 bridgehead atoms. The summed E-state index contributed by atoms with van der Waals surface area (Å²) in [6.07, 6.45) is 11.7. The molecule has 5 heterocycles. The van der Waals surface area contributed by atoms with Gasteiger partial charge in [0.1, 0.15) is 35.9 Å². The minimum Gasteiger partial charge on any atom is -0.462 e. The lowest BCUT2D eigenvalue weighted by molar-refractivity contribution is -0.159. The van der Waals surface area contributed by atoms with Crippen LogP contribution < -0.4 is 0 Å². The van der Waals surface area contributed by atoms with Crippen molar-refractivity contribution in [1.82, 2.24) is 4.98 Å². The van der Waals surface area contributed by atoms with Crippen molar-refractivity contribution in [3.63, 3.8) is 0 Å². The van der Waals surface area contributed by atoms with E-state index in [0.717, 1.165) is 16.8 Å². The SMILES string of the molecule is COC(/C(C)=C/C=C/C(C)=C/c1coc(C)n1)C(C)C1CC(O)C2(C)OC2C=CC(C)C2CC(CC(=O)O2)CC2OC2C(=O)O1. The molecule has 0 aromatic carbocycles. The van der Waals surface area contributed by atoms with Gasteiger partial charge in [0.05, 0.1) is 18.3 Å². The van der Waals surface area contributed by atoms with Crippen LogP contribution in [0.5, 0.6) is 0 Å². The molecule has 1 aromatic heterocycles. The van der Waals surface area contributed by atoms with Crippen molar-refractivity contribution in [1.29, 1.82) is 0 Å². The van der Waals surface area contributed by atoms with Gasteiger partial charge in [-0.25, -0.2) is 9.78 Å². The van der Waals surface area contributed by atoms with Gasteiger partial charge in [0.15, 0.2) is 12.0 Å².